The Morgan fingerprint density at radius 3 is 2.45 bits per heavy atom. The molecule has 1 saturated carbocycles. The van der Waals surface area contributed by atoms with Crippen molar-refractivity contribution in [2.24, 2.45) is 11.8 Å². The van der Waals surface area contributed by atoms with Crippen LogP contribution in [-0.2, 0) is 6.42 Å². The summed E-state index contributed by atoms with van der Waals surface area (Å²) in [6.07, 6.45) is 9.51. The molecule has 1 aromatic rings. The lowest BCUT2D eigenvalue weighted by Crippen LogP contribution is -2.16. The fourth-order valence-electron chi connectivity index (χ4n) is 3.63. The van der Waals surface area contributed by atoms with Crippen LogP contribution in [0.15, 0.2) is 30.3 Å². The molecule has 1 aliphatic carbocycles. The maximum Gasteiger partial charge on any atom is 0.151 e. The maximum atomic E-state index is 9.12. The molecule has 2 heteroatoms. The van der Waals surface area contributed by atoms with Crippen molar-refractivity contribution < 1.29 is 10.2 Å². The van der Waals surface area contributed by atoms with Crippen molar-refractivity contribution in [1.82, 2.24) is 0 Å². The molecule has 0 spiro atoms. The van der Waals surface area contributed by atoms with Crippen LogP contribution in [0.4, 0.5) is 0 Å². The van der Waals surface area contributed by atoms with E-state index in [0.29, 0.717) is 12.3 Å². The van der Waals surface area contributed by atoms with Gasteiger partial charge in [-0.05, 0) is 36.7 Å². The molecule has 0 aliphatic heterocycles. The monoisotopic (exact) mass is 276 g/mol. The van der Waals surface area contributed by atoms with Gasteiger partial charge in [0.15, 0.2) is 6.29 Å². The van der Waals surface area contributed by atoms with E-state index in [1.165, 1.54) is 56.9 Å². The third-order valence-electron chi connectivity index (χ3n) is 4.71. The van der Waals surface area contributed by atoms with Crippen molar-refractivity contribution in [2.75, 3.05) is 0 Å². The first-order chi connectivity index (χ1) is 9.75. The number of benzene rings is 1. The lowest BCUT2D eigenvalue weighted by Gasteiger charge is -2.20. The summed E-state index contributed by atoms with van der Waals surface area (Å²) in [5.74, 6) is 1.28. The van der Waals surface area contributed by atoms with Gasteiger partial charge in [0, 0.05) is 6.42 Å². The zero-order valence-corrected chi connectivity index (χ0v) is 12.4. The Bertz CT molecular complexity index is 361. The summed E-state index contributed by atoms with van der Waals surface area (Å²) in [7, 11) is 0. The fraction of sp³-hybridized carbons (Fsp3) is 0.667. The van der Waals surface area contributed by atoms with Gasteiger partial charge in [0.25, 0.3) is 0 Å². The number of hydrogen-bond donors (Lipinski definition) is 2. The van der Waals surface area contributed by atoms with E-state index in [2.05, 4.69) is 30.3 Å². The molecule has 0 radical (unpaired) electrons. The minimum absolute atomic E-state index is 0.545. The summed E-state index contributed by atoms with van der Waals surface area (Å²) in [5.41, 5.74) is 1.44. The fourth-order valence-corrected chi connectivity index (χ4v) is 3.63. The molecule has 0 heterocycles. The molecule has 2 N–H and O–H groups in total. The average Bonchev–Trinajstić information content (AvgIpc) is 2.86. The molecule has 1 fully saturated rings. The van der Waals surface area contributed by atoms with Crippen molar-refractivity contribution in [2.45, 2.75) is 64.1 Å². The van der Waals surface area contributed by atoms with Gasteiger partial charge in [0.1, 0.15) is 0 Å². The first-order valence-corrected chi connectivity index (χ1v) is 8.16. The summed E-state index contributed by atoms with van der Waals surface area (Å²) >= 11 is 0. The highest BCUT2D eigenvalue weighted by atomic mass is 16.5. The van der Waals surface area contributed by atoms with Crippen molar-refractivity contribution in [3.05, 3.63) is 35.9 Å². The topological polar surface area (TPSA) is 40.5 Å². The molecule has 0 bridgehead atoms. The average molecular weight is 276 g/mol. The largest absolute Gasteiger partial charge is 0.368 e. The van der Waals surface area contributed by atoms with E-state index in [4.69, 9.17) is 10.2 Å². The third-order valence-corrected chi connectivity index (χ3v) is 4.71. The highest BCUT2D eigenvalue weighted by Crippen LogP contribution is 2.37. The first-order valence-electron chi connectivity index (χ1n) is 8.16. The predicted octanol–water partition coefficient (Wildman–Crippen LogP) is 3.91. The molecule has 1 aromatic carbocycles. The minimum Gasteiger partial charge on any atom is -0.368 e. The zero-order valence-electron chi connectivity index (χ0n) is 12.4. The number of hydrogen-bond acceptors (Lipinski definition) is 2. The van der Waals surface area contributed by atoms with Crippen molar-refractivity contribution in [1.29, 1.82) is 0 Å². The van der Waals surface area contributed by atoms with Gasteiger partial charge in [0.05, 0.1) is 0 Å². The van der Waals surface area contributed by atoms with Crippen LogP contribution in [0.3, 0.4) is 0 Å². The van der Waals surface area contributed by atoms with Crippen LogP contribution in [0.1, 0.15) is 56.9 Å². The standard InChI is InChI=1S/C18H28O2/c19-18(20)14-17-13-7-12-16(17)11-6-2-5-10-15-8-3-1-4-9-15/h1,3-4,8-9,16-20H,2,5-7,10-14H2. The van der Waals surface area contributed by atoms with Gasteiger partial charge >= 0.3 is 0 Å². The van der Waals surface area contributed by atoms with Gasteiger partial charge in [-0.15, -0.1) is 0 Å². The van der Waals surface area contributed by atoms with Gasteiger partial charge in [-0.2, -0.15) is 0 Å². The highest BCUT2D eigenvalue weighted by Gasteiger charge is 2.27. The van der Waals surface area contributed by atoms with Crippen LogP contribution in [0.2, 0.25) is 0 Å². The molecule has 20 heavy (non-hydrogen) atoms. The second-order valence-electron chi connectivity index (χ2n) is 6.25. The molecular formula is C18H28O2. The molecule has 0 aromatic heterocycles. The Hall–Kier alpha value is -0.860. The Morgan fingerprint density at radius 1 is 0.950 bits per heavy atom. The van der Waals surface area contributed by atoms with E-state index in [1.807, 2.05) is 0 Å². The summed E-state index contributed by atoms with van der Waals surface area (Å²) < 4.78 is 0. The van der Waals surface area contributed by atoms with Gasteiger partial charge in [0.2, 0.25) is 0 Å². The van der Waals surface area contributed by atoms with Crippen LogP contribution >= 0.6 is 0 Å². The van der Waals surface area contributed by atoms with E-state index >= 15 is 0 Å². The van der Waals surface area contributed by atoms with Gasteiger partial charge in [-0.3, -0.25) is 0 Å². The number of rotatable bonds is 8. The van der Waals surface area contributed by atoms with Gasteiger partial charge < -0.3 is 10.2 Å². The van der Waals surface area contributed by atoms with Crippen LogP contribution in [-0.4, -0.2) is 16.5 Å². The molecule has 0 saturated heterocycles. The molecule has 1 aliphatic rings. The summed E-state index contributed by atoms with van der Waals surface area (Å²) in [5, 5.41) is 18.2. The normalized spacial score (nSPS) is 22.6. The van der Waals surface area contributed by atoms with Crippen LogP contribution in [0.5, 0.6) is 0 Å². The van der Waals surface area contributed by atoms with Crippen LogP contribution < -0.4 is 0 Å². The number of aliphatic hydroxyl groups is 2. The van der Waals surface area contributed by atoms with Crippen LogP contribution in [0.25, 0.3) is 0 Å². The number of unbranched alkanes of at least 4 members (excludes halogenated alkanes) is 2. The second-order valence-corrected chi connectivity index (χ2v) is 6.25. The van der Waals surface area contributed by atoms with E-state index in [1.54, 1.807) is 0 Å². The third kappa shape index (κ3) is 5.26. The smallest absolute Gasteiger partial charge is 0.151 e. The van der Waals surface area contributed by atoms with Crippen molar-refractivity contribution in [3.8, 4) is 0 Å². The SMILES string of the molecule is OC(O)CC1CCCC1CCCCCc1ccccc1. The lowest BCUT2D eigenvalue weighted by molar-refractivity contribution is -0.0594. The Balaban J connectivity index is 1.58. The highest BCUT2D eigenvalue weighted by molar-refractivity contribution is 5.14. The lowest BCUT2D eigenvalue weighted by atomic mass is 9.88. The molecule has 0 amide bonds. The van der Waals surface area contributed by atoms with Crippen molar-refractivity contribution in [3.63, 3.8) is 0 Å². The minimum atomic E-state index is -1.11. The molecule has 2 unspecified atom stereocenters. The van der Waals surface area contributed by atoms with Gasteiger partial charge in [-0.25, -0.2) is 0 Å². The summed E-state index contributed by atoms with van der Waals surface area (Å²) in [6, 6.07) is 10.7. The molecule has 2 atom stereocenters. The number of aryl methyl sites for hydroxylation is 1. The Morgan fingerprint density at radius 2 is 1.70 bits per heavy atom. The van der Waals surface area contributed by atoms with Gasteiger partial charge in [-0.1, -0.05) is 62.4 Å². The quantitative estimate of drug-likeness (QED) is 0.558. The Labute approximate surface area is 122 Å². The zero-order chi connectivity index (χ0) is 14.2. The predicted molar refractivity (Wildman–Crippen MR) is 82.3 cm³/mol. The molecular weight excluding hydrogens is 248 g/mol. The van der Waals surface area contributed by atoms with Crippen molar-refractivity contribution >= 4 is 0 Å². The molecule has 112 valence electrons. The van der Waals surface area contributed by atoms with E-state index in [0.717, 1.165) is 5.92 Å². The summed E-state index contributed by atoms with van der Waals surface area (Å²) in [4.78, 5) is 0. The van der Waals surface area contributed by atoms with E-state index < -0.39 is 6.29 Å². The van der Waals surface area contributed by atoms with E-state index in [9.17, 15) is 0 Å². The second kappa shape index (κ2) is 8.43. The number of aliphatic hydroxyl groups excluding tert-OH is 1. The maximum absolute atomic E-state index is 9.12. The Kier molecular flexibility index (Phi) is 6.55. The molecule has 2 rings (SSSR count). The van der Waals surface area contributed by atoms with E-state index in [-0.39, 0.29) is 0 Å². The molecule has 2 nitrogen and oxygen atoms in total. The first kappa shape index (κ1) is 15.5. The summed E-state index contributed by atoms with van der Waals surface area (Å²) in [6.45, 7) is 0. The van der Waals surface area contributed by atoms with Crippen LogP contribution in [0, 0.1) is 11.8 Å².